The van der Waals surface area contributed by atoms with Gasteiger partial charge in [-0.25, -0.2) is 0 Å². The number of hydrogen-bond donors (Lipinski definition) is 1. The fraction of sp³-hybridized carbons (Fsp3) is 0.957. The van der Waals surface area contributed by atoms with E-state index < -0.39 is 0 Å². The van der Waals surface area contributed by atoms with Gasteiger partial charge < -0.3 is 33.7 Å². The number of carbonyl (C=O) groups excluding carboxylic acids is 1. The molecule has 0 aromatic rings. The van der Waals surface area contributed by atoms with E-state index >= 15 is 0 Å². The van der Waals surface area contributed by atoms with Crippen LogP contribution < -0.4 is 5.32 Å². The molecule has 0 aromatic carbocycles. The van der Waals surface area contributed by atoms with Crippen molar-refractivity contribution in [2.45, 2.75) is 58.5 Å². The Bertz CT molecular complexity index is 405. The second kappa shape index (κ2) is 21.1. The number of carbonyl (C=O) groups is 1. The van der Waals surface area contributed by atoms with Crippen LogP contribution in [0.3, 0.4) is 0 Å². The topological polar surface area (TPSA) is 84.5 Å². The first-order chi connectivity index (χ1) is 15.3. The Hall–Kier alpha value is -0.770. The number of piperidine rings is 1. The molecule has 1 aliphatic heterocycles. The molecule has 0 radical (unpaired) electrons. The Morgan fingerprint density at radius 2 is 1.32 bits per heavy atom. The molecular weight excluding hydrogens is 402 g/mol. The molecule has 1 unspecified atom stereocenters. The van der Waals surface area contributed by atoms with E-state index in [0.717, 1.165) is 51.6 Å². The van der Waals surface area contributed by atoms with E-state index in [0.29, 0.717) is 72.2 Å². The van der Waals surface area contributed by atoms with E-state index in [4.69, 9.17) is 28.4 Å². The quantitative estimate of drug-likeness (QED) is 0.212. The first kappa shape index (κ1) is 28.3. The van der Waals surface area contributed by atoms with Crippen molar-refractivity contribution in [3.63, 3.8) is 0 Å². The summed E-state index contributed by atoms with van der Waals surface area (Å²) in [5, 5.41) is 3.32. The maximum absolute atomic E-state index is 11.9. The minimum atomic E-state index is -0.105. The Labute approximate surface area is 188 Å². The van der Waals surface area contributed by atoms with Crippen LogP contribution in [0, 0.1) is 5.92 Å². The van der Waals surface area contributed by atoms with E-state index in [1.807, 2.05) is 6.92 Å². The summed E-state index contributed by atoms with van der Waals surface area (Å²) in [6.07, 6.45) is 6.43. The highest BCUT2D eigenvalue weighted by molar-refractivity contribution is 5.72. The number of unbranched alkanes of at least 4 members (excludes halogenated alkanes) is 1. The van der Waals surface area contributed by atoms with Crippen LogP contribution in [-0.2, 0) is 33.2 Å². The van der Waals surface area contributed by atoms with E-state index in [2.05, 4.69) is 12.2 Å². The van der Waals surface area contributed by atoms with Gasteiger partial charge in [-0.15, -0.1) is 0 Å². The van der Waals surface area contributed by atoms with Crippen LogP contribution >= 0.6 is 0 Å². The molecule has 1 fully saturated rings. The molecule has 1 saturated heterocycles. The zero-order valence-corrected chi connectivity index (χ0v) is 19.7. The largest absolute Gasteiger partial charge is 0.463 e. The van der Waals surface area contributed by atoms with Crippen molar-refractivity contribution in [3.8, 4) is 0 Å². The van der Waals surface area contributed by atoms with Gasteiger partial charge in [-0.3, -0.25) is 4.79 Å². The van der Waals surface area contributed by atoms with Gasteiger partial charge in [-0.2, -0.15) is 0 Å². The van der Waals surface area contributed by atoms with Gasteiger partial charge in [0.25, 0.3) is 0 Å². The maximum atomic E-state index is 11.9. The molecular formula is C23H45NO7. The van der Waals surface area contributed by atoms with Gasteiger partial charge in [0.15, 0.2) is 0 Å². The molecule has 1 aliphatic rings. The van der Waals surface area contributed by atoms with Crippen molar-refractivity contribution in [2.24, 2.45) is 5.92 Å². The molecule has 1 heterocycles. The molecule has 0 aliphatic carbocycles. The summed E-state index contributed by atoms with van der Waals surface area (Å²) in [6.45, 7) is 11.3. The molecule has 1 atom stereocenters. The summed E-state index contributed by atoms with van der Waals surface area (Å²) in [7, 11) is 0. The number of rotatable bonds is 21. The average Bonchev–Trinajstić information content (AvgIpc) is 2.80. The monoisotopic (exact) mass is 447 g/mol. The minimum absolute atomic E-state index is 0.0151. The highest BCUT2D eigenvalue weighted by Crippen LogP contribution is 2.14. The van der Waals surface area contributed by atoms with Crippen LogP contribution in [0.5, 0.6) is 0 Å². The summed E-state index contributed by atoms with van der Waals surface area (Å²) in [5.41, 5.74) is 0. The predicted octanol–water partition coefficient (Wildman–Crippen LogP) is 2.58. The first-order valence-corrected chi connectivity index (χ1v) is 12.1. The molecule has 31 heavy (non-hydrogen) atoms. The Kier molecular flexibility index (Phi) is 19.2. The van der Waals surface area contributed by atoms with Crippen molar-refractivity contribution in [1.82, 2.24) is 5.32 Å². The van der Waals surface area contributed by atoms with Crippen molar-refractivity contribution < 1.29 is 33.2 Å². The van der Waals surface area contributed by atoms with Crippen LogP contribution in [0.4, 0.5) is 0 Å². The fourth-order valence-electron chi connectivity index (χ4n) is 3.26. The molecule has 0 amide bonds. The standard InChI is InChI=1S/C23H45NO7/c1-3-5-6-21(4-2)23(25)31-20-18-29-16-14-27-12-11-26-13-15-28-17-19-30-22-7-9-24-10-8-22/h21-22,24H,3-20H2,1-2H3. The third-order valence-corrected chi connectivity index (χ3v) is 5.19. The highest BCUT2D eigenvalue weighted by atomic mass is 16.6. The predicted molar refractivity (Wildman–Crippen MR) is 119 cm³/mol. The van der Waals surface area contributed by atoms with Crippen LogP contribution in [0.15, 0.2) is 0 Å². The van der Waals surface area contributed by atoms with Crippen LogP contribution in [-0.4, -0.2) is 91.2 Å². The molecule has 1 N–H and O–H groups in total. The summed E-state index contributed by atoms with van der Waals surface area (Å²) in [4.78, 5) is 11.9. The highest BCUT2D eigenvalue weighted by Gasteiger charge is 2.17. The second-order valence-electron chi connectivity index (χ2n) is 7.68. The zero-order chi connectivity index (χ0) is 22.4. The van der Waals surface area contributed by atoms with Crippen LogP contribution in [0.25, 0.3) is 0 Å². The summed E-state index contributed by atoms with van der Waals surface area (Å²) < 4.78 is 32.9. The summed E-state index contributed by atoms with van der Waals surface area (Å²) in [5.74, 6) is -0.0902. The molecule has 0 bridgehead atoms. The SMILES string of the molecule is CCCCC(CC)C(=O)OCCOCCOCCOCCOCCOC1CCNCC1. The number of hydrogen-bond acceptors (Lipinski definition) is 8. The third kappa shape index (κ3) is 16.5. The van der Waals surface area contributed by atoms with Crippen LogP contribution in [0.1, 0.15) is 52.4 Å². The third-order valence-electron chi connectivity index (χ3n) is 5.19. The van der Waals surface area contributed by atoms with Crippen molar-refractivity contribution in [1.29, 1.82) is 0 Å². The van der Waals surface area contributed by atoms with E-state index in [1.165, 1.54) is 0 Å². The summed E-state index contributed by atoms with van der Waals surface area (Å²) >= 11 is 0. The van der Waals surface area contributed by atoms with E-state index in [1.54, 1.807) is 0 Å². The molecule has 184 valence electrons. The lowest BCUT2D eigenvalue weighted by atomic mass is 10.00. The molecule has 8 heteroatoms. The van der Waals surface area contributed by atoms with Gasteiger partial charge in [0.1, 0.15) is 6.61 Å². The lowest BCUT2D eigenvalue weighted by Crippen LogP contribution is -2.33. The smallest absolute Gasteiger partial charge is 0.308 e. The van der Waals surface area contributed by atoms with Gasteiger partial charge in [0, 0.05) is 0 Å². The first-order valence-electron chi connectivity index (χ1n) is 12.1. The Morgan fingerprint density at radius 3 is 1.84 bits per heavy atom. The number of nitrogens with one attached hydrogen (secondary N) is 1. The summed E-state index contributed by atoms with van der Waals surface area (Å²) in [6, 6.07) is 0. The van der Waals surface area contributed by atoms with E-state index in [-0.39, 0.29) is 11.9 Å². The number of esters is 1. The van der Waals surface area contributed by atoms with Crippen molar-refractivity contribution in [2.75, 3.05) is 79.2 Å². The molecule has 8 nitrogen and oxygen atoms in total. The average molecular weight is 448 g/mol. The molecule has 1 rings (SSSR count). The molecule has 0 aromatic heterocycles. The van der Waals surface area contributed by atoms with Gasteiger partial charge in [0.05, 0.1) is 71.5 Å². The lowest BCUT2D eigenvalue weighted by Gasteiger charge is -2.22. The van der Waals surface area contributed by atoms with Gasteiger partial charge >= 0.3 is 5.97 Å². The van der Waals surface area contributed by atoms with Gasteiger partial charge in [0.2, 0.25) is 0 Å². The molecule has 0 spiro atoms. The Morgan fingerprint density at radius 1 is 0.806 bits per heavy atom. The van der Waals surface area contributed by atoms with Crippen LogP contribution in [0.2, 0.25) is 0 Å². The normalized spacial score (nSPS) is 15.8. The second-order valence-corrected chi connectivity index (χ2v) is 7.68. The Balaban J connectivity index is 1.75. The molecule has 0 saturated carbocycles. The van der Waals surface area contributed by atoms with Crippen molar-refractivity contribution >= 4 is 5.97 Å². The zero-order valence-electron chi connectivity index (χ0n) is 19.7. The van der Waals surface area contributed by atoms with E-state index in [9.17, 15) is 4.79 Å². The van der Waals surface area contributed by atoms with Crippen molar-refractivity contribution in [3.05, 3.63) is 0 Å². The van der Waals surface area contributed by atoms with Gasteiger partial charge in [-0.05, 0) is 38.8 Å². The number of ether oxygens (including phenoxy) is 6. The van der Waals surface area contributed by atoms with Gasteiger partial charge in [-0.1, -0.05) is 26.7 Å². The lowest BCUT2D eigenvalue weighted by molar-refractivity contribution is -0.150. The minimum Gasteiger partial charge on any atom is -0.463 e. The fourth-order valence-corrected chi connectivity index (χ4v) is 3.26. The maximum Gasteiger partial charge on any atom is 0.308 e.